The minimum Gasteiger partial charge on any atom is -0.410 e. The first-order chi connectivity index (χ1) is 14.8. The molecule has 8 heteroatoms. The average molecular weight is 533 g/mol. The summed E-state index contributed by atoms with van der Waals surface area (Å²) in [5.74, 6) is -0.0735. The maximum atomic E-state index is 13.2. The molecule has 33 heavy (non-hydrogen) atoms. The van der Waals surface area contributed by atoms with Gasteiger partial charge in [-0.1, -0.05) is 74.1 Å². The van der Waals surface area contributed by atoms with Gasteiger partial charge in [-0.05, 0) is 60.8 Å². The lowest BCUT2D eigenvalue weighted by Crippen LogP contribution is -2.63. The van der Waals surface area contributed by atoms with E-state index >= 15 is 0 Å². The van der Waals surface area contributed by atoms with Crippen LogP contribution in [0.5, 0.6) is 0 Å². The van der Waals surface area contributed by atoms with Crippen molar-refractivity contribution in [3.05, 3.63) is 0 Å². The van der Waals surface area contributed by atoms with Crippen LogP contribution in [-0.4, -0.2) is 53.6 Å². The summed E-state index contributed by atoms with van der Waals surface area (Å²) < 4.78 is 21.5. The molecule has 4 nitrogen and oxygen atoms in total. The van der Waals surface area contributed by atoms with Crippen molar-refractivity contribution < 1.29 is 18.1 Å². The Balaban J connectivity index is 2.57. The Morgan fingerprint density at radius 2 is 1.18 bits per heavy atom. The van der Waals surface area contributed by atoms with Crippen LogP contribution in [0.1, 0.15) is 68.7 Å². The molecule has 0 aromatic heterocycles. The lowest BCUT2D eigenvalue weighted by atomic mass is 9.83. The summed E-state index contributed by atoms with van der Waals surface area (Å²) in [6.45, 7) is 29.8. The summed E-state index contributed by atoms with van der Waals surface area (Å²) in [4.78, 5) is 13.2. The molecular weight excluding hydrogens is 481 g/mol. The van der Waals surface area contributed by atoms with Gasteiger partial charge in [0.2, 0.25) is 0 Å². The molecule has 1 saturated heterocycles. The van der Waals surface area contributed by atoms with Crippen molar-refractivity contribution >= 4 is 41.8 Å². The number of carbonyl (C=O) groups excluding carboxylic acids is 1. The van der Waals surface area contributed by atoms with Gasteiger partial charge >= 0.3 is 0 Å². The van der Waals surface area contributed by atoms with E-state index in [1.165, 1.54) is 11.8 Å². The first kappa shape index (κ1) is 29.8. The van der Waals surface area contributed by atoms with Crippen LogP contribution in [0, 0.1) is 5.92 Å². The number of carbonyl (C=O) groups is 1. The van der Waals surface area contributed by atoms with Gasteiger partial charge in [0.15, 0.2) is 30.1 Å². The van der Waals surface area contributed by atoms with E-state index in [-0.39, 0.29) is 44.7 Å². The maximum absolute atomic E-state index is 13.2. The standard InChI is InChI=1S/C25H52O4SSi3/c1-14-33(15-2,16-3)29-22-20(27-31(10,11)24(4,5)6)18-17-19(30-23(18)26)21(22)28-32(12,13)25(7,8)9/h18-22H,14-17H2,1-13H3/t18-,19+,20+,21+,22-/m1/s1. The molecular formula is C25H52O4SSi3. The van der Waals surface area contributed by atoms with Crippen LogP contribution in [0.25, 0.3) is 0 Å². The largest absolute Gasteiger partial charge is 0.410 e. The monoisotopic (exact) mass is 532 g/mol. The molecule has 2 fully saturated rings. The number of hydrogen-bond acceptors (Lipinski definition) is 5. The molecule has 1 aliphatic heterocycles. The highest BCUT2D eigenvalue weighted by atomic mass is 32.2. The quantitative estimate of drug-likeness (QED) is 0.283. The lowest BCUT2D eigenvalue weighted by Gasteiger charge is -2.51. The molecule has 0 unspecified atom stereocenters. The second-order valence-electron chi connectivity index (χ2n) is 13.3. The highest BCUT2D eigenvalue weighted by molar-refractivity contribution is 8.14. The van der Waals surface area contributed by atoms with Gasteiger partial charge in [-0.2, -0.15) is 0 Å². The molecule has 0 amide bonds. The van der Waals surface area contributed by atoms with Gasteiger partial charge in [-0.3, -0.25) is 4.79 Å². The molecule has 0 radical (unpaired) electrons. The van der Waals surface area contributed by atoms with Crippen molar-refractivity contribution in [2.45, 2.75) is 147 Å². The molecule has 2 rings (SSSR count). The Kier molecular flexibility index (Phi) is 9.14. The van der Waals surface area contributed by atoms with E-state index in [2.05, 4.69) is 88.5 Å². The SMILES string of the molecule is CC[Si](CC)(CC)O[C@H]1[C@@H](O[Si](C)(C)C(C)(C)C)[C@@H]2C[C@@H](C(=O)S2)[C@@H]1O[Si](C)(C)C(C)(C)C. The second kappa shape index (κ2) is 10.1. The van der Waals surface area contributed by atoms with Crippen LogP contribution < -0.4 is 0 Å². The Morgan fingerprint density at radius 1 is 0.758 bits per heavy atom. The third-order valence-corrected chi connectivity index (χ3v) is 24.1. The summed E-state index contributed by atoms with van der Waals surface area (Å²) >= 11 is 1.51. The summed E-state index contributed by atoms with van der Waals surface area (Å²) in [6, 6.07) is 3.27. The highest BCUT2D eigenvalue weighted by Gasteiger charge is 2.59. The lowest BCUT2D eigenvalue weighted by molar-refractivity contribution is -0.125. The molecule has 5 atom stereocenters. The van der Waals surface area contributed by atoms with Crippen molar-refractivity contribution in [2.24, 2.45) is 5.92 Å². The van der Waals surface area contributed by atoms with E-state index in [1.807, 2.05) is 0 Å². The van der Waals surface area contributed by atoms with Crippen LogP contribution in [0.2, 0.25) is 54.4 Å². The fraction of sp³-hybridized carbons (Fsp3) is 0.960. The topological polar surface area (TPSA) is 44.8 Å². The van der Waals surface area contributed by atoms with Crippen LogP contribution in [-0.2, 0) is 18.1 Å². The van der Waals surface area contributed by atoms with E-state index in [9.17, 15) is 4.79 Å². The minimum absolute atomic E-state index is 0.0735. The Bertz CT molecular complexity index is 686. The normalized spacial score (nSPS) is 29.6. The second-order valence-corrected chi connectivity index (χ2v) is 28.8. The molecule has 0 spiro atoms. The zero-order chi connectivity index (χ0) is 25.6. The predicted octanol–water partition coefficient (Wildman–Crippen LogP) is 7.82. The average Bonchev–Trinajstić information content (AvgIpc) is 3.02. The molecule has 0 aromatic carbocycles. The van der Waals surface area contributed by atoms with Gasteiger partial charge in [0.05, 0.1) is 24.2 Å². The van der Waals surface area contributed by atoms with Crippen molar-refractivity contribution in [2.75, 3.05) is 0 Å². The fourth-order valence-corrected chi connectivity index (χ4v) is 11.4. The molecule has 194 valence electrons. The van der Waals surface area contributed by atoms with Gasteiger partial charge in [-0.25, -0.2) is 0 Å². The minimum atomic E-state index is -2.10. The molecule has 0 N–H and O–H groups in total. The molecule has 1 saturated carbocycles. The first-order valence-electron chi connectivity index (χ1n) is 13.1. The Labute approximate surface area is 212 Å². The van der Waals surface area contributed by atoms with Gasteiger partial charge in [0, 0.05) is 5.25 Å². The smallest absolute Gasteiger partial charge is 0.195 e. The van der Waals surface area contributed by atoms with Crippen LogP contribution in [0.3, 0.4) is 0 Å². The van der Waals surface area contributed by atoms with E-state index < -0.39 is 25.0 Å². The van der Waals surface area contributed by atoms with E-state index in [1.54, 1.807) is 0 Å². The zero-order valence-corrected chi connectivity index (χ0v) is 27.6. The number of hydrogen-bond donors (Lipinski definition) is 0. The van der Waals surface area contributed by atoms with Crippen molar-refractivity contribution in [1.82, 2.24) is 0 Å². The Morgan fingerprint density at radius 3 is 1.58 bits per heavy atom. The third kappa shape index (κ3) is 6.10. The fourth-order valence-electron chi connectivity index (χ4n) is 4.48. The van der Waals surface area contributed by atoms with Gasteiger partial charge in [0.25, 0.3) is 0 Å². The van der Waals surface area contributed by atoms with Crippen molar-refractivity contribution in [3.8, 4) is 0 Å². The third-order valence-electron chi connectivity index (χ3n) is 9.26. The number of thioether (sulfide) groups is 1. The molecule has 0 aromatic rings. The summed E-state index contributed by atoms with van der Waals surface area (Å²) in [7, 11) is -6.10. The molecule has 1 heterocycles. The van der Waals surface area contributed by atoms with Crippen LogP contribution in [0.15, 0.2) is 0 Å². The van der Waals surface area contributed by atoms with Gasteiger partial charge < -0.3 is 13.3 Å². The number of rotatable bonds is 9. The Hall–Kier alpha value is 0.551. The van der Waals surface area contributed by atoms with Gasteiger partial charge in [0.1, 0.15) is 0 Å². The number of fused-ring (bicyclic) bond motifs is 2. The molecule has 2 aliphatic rings. The predicted molar refractivity (Wildman–Crippen MR) is 151 cm³/mol. The van der Waals surface area contributed by atoms with Gasteiger partial charge in [-0.15, -0.1) is 0 Å². The van der Waals surface area contributed by atoms with Crippen LogP contribution >= 0.6 is 11.8 Å². The van der Waals surface area contributed by atoms with Crippen LogP contribution in [0.4, 0.5) is 0 Å². The van der Waals surface area contributed by atoms with Crippen molar-refractivity contribution in [3.63, 3.8) is 0 Å². The van der Waals surface area contributed by atoms with E-state index in [0.717, 1.165) is 24.6 Å². The van der Waals surface area contributed by atoms with Crippen molar-refractivity contribution in [1.29, 1.82) is 0 Å². The summed E-state index contributed by atoms with van der Waals surface area (Å²) in [5, 5.41) is 0.647. The van der Waals surface area contributed by atoms with E-state index in [4.69, 9.17) is 13.3 Å². The maximum Gasteiger partial charge on any atom is 0.195 e. The zero-order valence-electron chi connectivity index (χ0n) is 23.8. The molecule has 2 bridgehead atoms. The first-order valence-corrected chi connectivity index (χ1v) is 22.3. The highest BCUT2D eigenvalue weighted by Crippen LogP contribution is 2.51. The summed E-state index contributed by atoms with van der Waals surface area (Å²) in [6.07, 6.45) is 0.434. The molecule has 1 aliphatic carbocycles. The summed E-state index contributed by atoms with van der Waals surface area (Å²) in [5.41, 5.74) is 0. The van der Waals surface area contributed by atoms with E-state index in [0.29, 0.717) is 0 Å².